The van der Waals surface area contributed by atoms with Gasteiger partial charge < -0.3 is 10.2 Å². The summed E-state index contributed by atoms with van der Waals surface area (Å²) in [6, 6.07) is 4.52. The Bertz CT molecular complexity index is 540. The summed E-state index contributed by atoms with van der Waals surface area (Å²) in [7, 11) is -3.32. The molecule has 5 heteroatoms. The van der Waals surface area contributed by atoms with Gasteiger partial charge in [0.05, 0.1) is 16.2 Å². The van der Waals surface area contributed by atoms with Gasteiger partial charge in [0.15, 0.2) is 9.84 Å². The summed E-state index contributed by atoms with van der Waals surface area (Å²) >= 11 is 0. The molecule has 0 bridgehead atoms. The van der Waals surface area contributed by atoms with E-state index in [9.17, 15) is 18.6 Å². The fourth-order valence-electron chi connectivity index (χ4n) is 2.42. The highest BCUT2D eigenvalue weighted by Crippen LogP contribution is 2.43. The lowest BCUT2D eigenvalue weighted by molar-refractivity contribution is 0.0650. The number of aromatic hydroxyl groups is 1. The van der Waals surface area contributed by atoms with Crippen molar-refractivity contribution in [3.63, 3.8) is 0 Å². The number of hydrogen-bond donors (Lipinski definition) is 2. The van der Waals surface area contributed by atoms with Crippen LogP contribution < -0.4 is 0 Å². The van der Waals surface area contributed by atoms with Crippen LogP contribution in [0.1, 0.15) is 31.7 Å². The molecule has 0 aromatic heterocycles. The highest BCUT2D eigenvalue weighted by Gasteiger charge is 2.38. The van der Waals surface area contributed by atoms with Gasteiger partial charge in [-0.05, 0) is 32.4 Å². The molecule has 2 N–H and O–H groups in total. The SMILES string of the molecule is CC(C)(O)CC1CS(=O)(=O)c2cccc(O)c21. The van der Waals surface area contributed by atoms with Crippen LogP contribution in [0.15, 0.2) is 23.1 Å². The minimum absolute atomic E-state index is 0.00201. The monoisotopic (exact) mass is 256 g/mol. The predicted molar refractivity (Wildman–Crippen MR) is 63.8 cm³/mol. The van der Waals surface area contributed by atoms with E-state index in [1.54, 1.807) is 13.8 Å². The minimum atomic E-state index is -3.32. The summed E-state index contributed by atoms with van der Waals surface area (Å²) in [6.07, 6.45) is 0.316. The second-order valence-electron chi connectivity index (χ2n) is 5.18. The van der Waals surface area contributed by atoms with Crippen molar-refractivity contribution >= 4 is 9.84 Å². The largest absolute Gasteiger partial charge is 0.508 e. The van der Waals surface area contributed by atoms with Crippen LogP contribution in [0, 0.1) is 0 Å². The van der Waals surface area contributed by atoms with Gasteiger partial charge in [0.1, 0.15) is 5.75 Å². The predicted octanol–water partition coefficient (Wildman–Crippen LogP) is 1.42. The average Bonchev–Trinajstić information content (AvgIpc) is 2.36. The molecule has 0 radical (unpaired) electrons. The maximum Gasteiger partial charge on any atom is 0.179 e. The summed E-state index contributed by atoms with van der Waals surface area (Å²) in [5.74, 6) is -0.377. The third-order valence-electron chi connectivity index (χ3n) is 2.95. The van der Waals surface area contributed by atoms with E-state index in [4.69, 9.17) is 0 Å². The number of hydrogen-bond acceptors (Lipinski definition) is 4. The molecule has 2 rings (SSSR count). The van der Waals surface area contributed by atoms with E-state index in [1.807, 2.05) is 0 Å². The fraction of sp³-hybridized carbons (Fsp3) is 0.500. The lowest BCUT2D eigenvalue weighted by Crippen LogP contribution is -2.23. The topological polar surface area (TPSA) is 74.6 Å². The molecule has 1 aromatic carbocycles. The average molecular weight is 256 g/mol. The van der Waals surface area contributed by atoms with Crippen LogP contribution in [0.5, 0.6) is 5.75 Å². The Kier molecular flexibility index (Phi) is 2.71. The second-order valence-corrected chi connectivity index (χ2v) is 7.19. The number of aliphatic hydroxyl groups is 1. The quantitative estimate of drug-likeness (QED) is 0.839. The van der Waals surface area contributed by atoms with E-state index in [0.717, 1.165) is 0 Å². The first kappa shape index (κ1) is 12.4. The third-order valence-corrected chi connectivity index (χ3v) is 4.82. The van der Waals surface area contributed by atoms with Crippen LogP contribution in [-0.2, 0) is 9.84 Å². The summed E-state index contributed by atoms with van der Waals surface area (Å²) in [4.78, 5) is 0.201. The minimum Gasteiger partial charge on any atom is -0.508 e. The van der Waals surface area contributed by atoms with Crippen LogP contribution in [0.3, 0.4) is 0 Å². The zero-order chi connectivity index (χ0) is 12.8. The lowest BCUT2D eigenvalue weighted by atomic mass is 9.89. The maximum absolute atomic E-state index is 11.9. The van der Waals surface area contributed by atoms with Crippen molar-refractivity contribution in [2.75, 3.05) is 5.75 Å². The summed E-state index contributed by atoms with van der Waals surface area (Å²) < 4.78 is 23.8. The standard InChI is InChI=1S/C12H16O4S/c1-12(2,14)6-8-7-17(15,16)10-5-3-4-9(13)11(8)10/h3-5,8,13-14H,6-7H2,1-2H3. The van der Waals surface area contributed by atoms with Gasteiger partial charge in [-0.25, -0.2) is 8.42 Å². The number of rotatable bonds is 2. The van der Waals surface area contributed by atoms with E-state index >= 15 is 0 Å². The van der Waals surface area contributed by atoms with E-state index in [0.29, 0.717) is 12.0 Å². The van der Waals surface area contributed by atoms with Crippen LogP contribution in [0.2, 0.25) is 0 Å². The number of sulfone groups is 1. The number of fused-ring (bicyclic) bond motifs is 1. The number of phenolic OH excluding ortho intramolecular Hbond substituents is 1. The van der Waals surface area contributed by atoms with Crippen LogP contribution in [-0.4, -0.2) is 30.0 Å². The van der Waals surface area contributed by atoms with Crippen molar-refractivity contribution in [3.05, 3.63) is 23.8 Å². The van der Waals surface area contributed by atoms with Crippen molar-refractivity contribution in [1.82, 2.24) is 0 Å². The zero-order valence-electron chi connectivity index (χ0n) is 9.84. The Morgan fingerprint density at radius 2 is 2.06 bits per heavy atom. The van der Waals surface area contributed by atoms with Crippen LogP contribution in [0.4, 0.5) is 0 Å². The number of phenols is 1. The van der Waals surface area contributed by atoms with Gasteiger partial charge in [0.2, 0.25) is 0 Å². The molecule has 4 nitrogen and oxygen atoms in total. The molecule has 0 saturated carbocycles. The summed E-state index contributed by atoms with van der Waals surface area (Å²) in [6.45, 7) is 3.27. The molecule has 1 atom stereocenters. The first-order valence-electron chi connectivity index (χ1n) is 5.48. The molecule has 94 valence electrons. The molecule has 17 heavy (non-hydrogen) atoms. The van der Waals surface area contributed by atoms with Crippen molar-refractivity contribution in [3.8, 4) is 5.75 Å². The van der Waals surface area contributed by atoms with Gasteiger partial charge in [-0.15, -0.1) is 0 Å². The molecule has 1 unspecified atom stereocenters. The van der Waals surface area contributed by atoms with Crippen LogP contribution in [0.25, 0.3) is 0 Å². The molecule has 0 amide bonds. The highest BCUT2D eigenvalue weighted by atomic mass is 32.2. The molecule has 1 aromatic rings. The molecule has 0 spiro atoms. The normalized spacial score (nSPS) is 22.4. The maximum atomic E-state index is 11.9. The van der Waals surface area contributed by atoms with Gasteiger partial charge in [-0.2, -0.15) is 0 Å². The van der Waals surface area contributed by atoms with Gasteiger partial charge in [-0.1, -0.05) is 6.07 Å². The molecule has 0 saturated heterocycles. The van der Waals surface area contributed by atoms with Crippen molar-refractivity contribution < 1.29 is 18.6 Å². The van der Waals surface area contributed by atoms with Gasteiger partial charge in [0.25, 0.3) is 0 Å². The molecular formula is C12H16O4S. The summed E-state index contributed by atoms with van der Waals surface area (Å²) in [5.41, 5.74) is -0.501. The zero-order valence-corrected chi connectivity index (χ0v) is 10.7. The molecule has 1 heterocycles. The van der Waals surface area contributed by atoms with Gasteiger partial charge in [0, 0.05) is 11.5 Å². The first-order valence-corrected chi connectivity index (χ1v) is 7.13. The third kappa shape index (κ3) is 2.30. The van der Waals surface area contributed by atoms with Crippen LogP contribution >= 0.6 is 0 Å². The molecule has 1 aliphatic heterocycles. The molecule has 1 aliphatic rings. The highest BCUT2D eigenvalue weighted by molar-refractivity contribution is 7.91. The first-order chi connectivity index (χ1) is 7.71. The molecule has 0 fully saturated rings. The Morgan fingerprint density at radius 3 is 2.65 bits per heavy atom. The van der Waals surface area contributed by atoms with E-state index < -0.39 is 15.4 Å². The molecular weight excluding hydrogens is 240 g/mol. The van der Waals surface area contributed by atoms with E-state index in [-0.39, 0.29) is 22.3 Å². The van der Waals surface area contributed by atoms with Crippen molar-refractivity contribution in [1.29, 1.82) is 0 Å². The Morgan fingerprint density at radius 1 is 1.41 bits per heavy atom. The Hall–Kier alpha value is -1.07. The van der Waals surface area contributed by atoms with Gasteiger partial charge in [-0.3, -0.25) is 0 Å². The Balaban J connectivity index is 2.51. The summed E-state index contributed by atoms with van der Waals surface area (Å²) in [5, 5.41) is 19.6. The van der Waals surface area contributed by atoms with Crippen molar-refractivity contribution in [2.24, 2.45) is 0 Å². The fourth-order valence-corrected chi connectivity index (χ4v) is 4.30. The second kappa shape index (κ2) is 3.71. The Labute approximate surface area is 101 Å². The van der Waals surface area contributed by atoms with Gasteiger partial charge >= 0.3 is 0 Å². The molecule has 0 aliphatic carbocycles. The lowest BCUT2D eigenvalue weighted by Gasteiger charge is -2.21. The number of benzene rings is 1. The smallest absolute Gasteiger partial charge is 0.179 e. The van der Waals surface area contributed by atoms with E-state index in [1.165, 1.54) is 18.2 Å². The van der Waals surface area contributed by atoms with E-state index in [2.05, 4.69) is 0 Å². The van der Waals surface area contributed by atoms with Crippen molar-refractivity contribution in [2.45, 2.75) is 36.7 Å².